The quantitative estimate of drug-likeness (QED) is 0.202. The number of aryl methyl sites for hydroxylation is 2. The molecule has 2 amide bonds. The molecule has 5 aromatic rings. The van der Waals surface area contributed by atoms with Gasteiger partial charge in [0, 0.05) is 59.8 Å². The van der Waals surface area contributed by atoms with Gasteiger partial charge in [-0.3, -0.25) is 14.4 Å². The first-order valence-electron chi connectivity index (χ1n) is 13.1. The zero-order valence-electron chi connectivity index (χ0n) is 23.3. The van der Waals surface area contributed by atoms with Gasteiger partial charge in [-0.15, -0.1) is 0 Å². The van der Waals surface area contributed by atoms with Crippen molar-refractivity contribution >= 4 is 45.6 Å². The van der Waals surface area contributed by atoms with Crippen LogP contribution in [0.15, 0.2) is 89.9 Å². The Labute approximate surface area is 244 Å². The smallest absolute Gasteiger partial charge is 0.340 e. The average molecular weight is 586 g/mol. The van der Waals surface area contributed by atoms with Crippen molar-refractivity contribution in [3.63, 3.8) is 0 Å². The Morgan fingerprint density at radius 1 is 0.837 bits per heavy atom. The van der Waals surface area contributed by atoms with Crippen LogP contribution >= 0.6 is 0 Å². The number of carbonyl (C=O) groups excluding carboxylic acids is 2. The highest BCUT2D eigenvalue weighted by atomic mass is 19.4. The third kappa shape index (κ3) is 6.40. The summed E-state index contributed by atoms with van der Waals surface area (Å²) in [7, 11) is 1.64. The van der Waals surface area contributed by atoms with Crippen LogP contribution < -0.4 is 21.5 Å². The third-order valence-corrected chi connectivity index (χ3v) is 6.80. The molecule has 0 fully saturated rings. The molecule has 43 heavy (non-hydrogen) atoms. The van der Waals surface area contributed by atoms with Gasteiger partial charge in [-0.2, -0.15) is 13.2 Å². The molecule has 8 nitrogen and oxygen atoms in total. The molecule has 2 heterocycles. The number of fused-ring (bicyclic) bond motifs is 1. The number of rotatable bonds is 6. The maximum atomic E-state index is 13.5. The summed E-state index contributed by atoms with van der Waals surface area (Å²) in [4.78, 5) is 42.2. The van der Waals surface area contributed by atoms with Crippen LogP contribution in [-0.2, 0) is 18.0 Å². The third-order valence-electron chi connectivity index (χ3n) is 6.80. The fraction of sp³-hybridized carbons (Fsp3) is 0.125. The lowest BCUT2D eigenvalue weighted by Crippen LogP contribution is -2.19. The lowest BCUT2D eigenvalue weighted by Gasteiger charge is -2.14. The number of aromatic nitrogens is 2. The molecule has 0 atom stereocenters. The van der Waals surface area contributed by atoms with Crippen LogP contribution in [0.25, 0.3) is 22.0 Å². The molecular weight excluding hydrogens is 559 g/mol. The van der Waals surface area contributed by atoms with Gasteiger partial charge in [0.25, 0.3) is 11.5 Å². The van der Waals surface area contributed by atoms with Crippen molar-refractivity contribution in [2.24, 2.45) is 7.05 Å². The van der Waals surface area contributed by atoms with E-state index in [1.54, 1.807) is 61.8 Å². The van der Waals surface area contributed by atoms with Crippen LogP contribution in [-0.4, -0.2) is 21.4 Å². The normalized spacial score (nSPS) is 11.3. The van der Waals surface area contributed by atoms with Crippen LogP contribution in [0.4, 0.5) is 36.1 Å². The molecule has 5 rings (SSSR count). The van der Waals surface area contributed by atoms with Gasteiger partial charge in [0.15, 0.2) is 0 Å². The molecule has 0 spiro atoms. The maximum Gasteiger partial charge on any atom is 0.416 e. The van der Waals surface area contributed by atoms with E-state index in [0.29, 0.717) is 44.9 Å². The lowest BCUT2D eigenvalue weighted by atomic mass is 9.99. The number of hydrogen-bond donors (Lipinski definition) is 3. The minimum Gasteiger partial charge on any atom is -0.340 e. The zero-order chi connectivity index (χ0) is 30.9. The van der Waals surface area contributed by atoms with E-state index in [9.17, 15) is 27.6 Å². The summed E-state index contributed by atoms with van der Waals surface area (Å²) in [5.41, 5.74) is 2.60. The van der Waals surface area contributed by atoms with Gasteiger partial charge in [0.2, 0.25) is 5.91 Å². The average Bonchev–Trinajstić information content (AvgIpc) is 2.96. The van der Waals surface area contributed by atoms with Crippen LogP contribution in [0, 0.1) is 6.92 Å². The molecule has 3 aromatic carbocycles. The van der Waals surface area contributed by atoms with E-state index < -0.39 is 17.6 Å². The van der Waals surface area contributed by atoms with Gasteiger partial charge in [0.05, 0.1) is 11.1 Å². The molecule has 2 aromatic heterocycles. The van der Waals surface area contributed by atoms with Crippen molar-refractivity contribution in [3.8, 4) is 11.1 Å². The topological polar surface area (TPSA) is 105 Å². The van der Waals surface area contributed by atoms with E-state index in [0.717, 1.165) is 17.7 Å². The molecular formula is C32H26F3N5O3. The molecule has 0 bridgehead atoms. The van der Waals surface area contributed by atoms with Crippen molar-refractivity contribution in [2.75, 3.05) is 16.0 Å². The number of halogens is 3. The largest absolute Gasteiger partial charge is 0.416 e. The Balaban J connectivity index is 1.44. The predicted octanol–water partition coefficient (Wildman–Crippen LogP) is 6.88. The molecule has 0 radical (unpaired) electrons. The van der Waals surface area contributed by atoms with E-state index in [-0.39, 0.29) is 17.0 Å². The van der Waals surface area contributed by atoms with Gasteiger partial charge in [0.1, 0.15) is 5.82 Å². The lowest BCUT2D eigenvalue weighted by molar-refractivity contribution is -0.137. The minimum absolute atomic E-state index is 0.143. The number of carbonyl (C=O) groups is 2. The van der Waals surface area contributed by atoms with E-state index >= 15 is 0 Å². The number of pyridine rings is 2. The summed E-state index contributed by atoms with van der Waals surface area (Å²) in [6.45, 7) is 3.24. The number of nitrogens with zero attached hydrogens (tertiary/aromatic N) is 2. The Kier molecular flexibility index (Phi) is 7.73. The summed E-state index contributed by atoms with van der Waals surface area (Å²) >= 11 is 0. The Bertz CT molecular complexity index is 1950. The molecule has 0 saturated heterocycles. The molecule has 0 aliphatic rings. The summed E-state index contributed by atoms with van der Waals surface area (Å²) < 4.78 is 40.8. The van der Waals surface area contributed by atoms with E-state index in [2.05, 4.69) is 20.9 Å². The fourth-order valence-electron chi connectivity index (χ4n) is 4.68. The number of nitrogens with one attached hydrogen (secondary N) is 3. The van der Waals surface area contributed by atoms with Crippen LogP contribution in [0.1, 0.15) is 28.4 Å². The van der Waals surface area contributed by atoms with Crippen molar-refractivity contribution < 1.29 is 22.8 Å². The van der Waals surface area contributed by atoms with Crippen LogP contribution in [0.2, 0.25) is 0 Å². The van der Waals surface area contributed by atoms with Crippen LogP contribution in [0.5, 0.6) is 0 Å². The summed E-state index contributed by atoms with van der Waals surface area (Å²) in [5.74, 6) is -0.407. The standard InChI is InChI=1S/C32H26F3N5O3/c1-18-10-11-25(39-30(42)20-6-4-7-22(12-20)32(33,34)35)15-26(18)27-13-21-17-36-29(16-28(21)40(3)31(27)43)38-24-9-5-8-23(14-24)37-19(2)41/h4-17H,1-3H3,(H,36,38)(H,37,41)(H,39,42). The highest BCUT2D eigenvalue weighted by Gasteiger charge is 2.31. The monoisotopic (exact) mass is 585 g/mol. The van der Waals surface area contributed by atoms with Gasteiger partial charge in [-0.05, 0) is 72.6 Å². The van der Waals surface area contributed by atoms with E-state index in [1.165, 1.54) is 23.6 Å². The Hall–Kier alpha value is -5.45. The van der Waals surface area contributed by atoms with Gasteiger partial charge < -0.3 is 20.5 Å². The van der Waals surface area contributed by atoms with Crippen LogP contribution in [0.3, 0.4) is 0 Å². The maximum absolute atomic E-state index is 13.5. The first kappa shape index (κ1) is 29.1. The highest BCUT2D eigenvalue weighted by molar-refractivity contribution is 6.04. The molecule has 0 unspecified atom stereocenters. The van der Waals surface area contributed by atoms with Crippen molar-refractivity contribution in [3.05, 3.63) is 112 Å². The fourth-order valence-corrected chi connectivity index (χ4v) is 4.68. The molecule has 3 N–H and O–H groups in total. The predicted molar refractivity (Wildman–Crippen MR) is 161 cm³/mol. The Morgan fingerprint density at radius 3 is 2.30 bits per heavy atom. The zero-order valence-corrected chi connectivity index (χ0v) is 23.3. The number of benzene rings is 3. The van der Waals surface area contributed by atoms with Gasteiger partial charge in [-0.1, -0.05) is 18.2 Å². The SMILES string of the molecule is CC(=O)Nc1cccc(Nc2cc3c(cn2)cc(-c2cc(NC(=O)c4cccc(C(F)(F)F)c4)ccc2C)c(=O)n3C)c1. The second kappa shape index (κ2) is 11.4. The Morgan fingerprint density at radius 2 is 1.56 bits per heavy atom. The molecule has 11 heteroatoms. The molecule has 218 valence electrons. The van der Waals surface area contributed by atoms with Crippen molar-refractivity contribution in [1.82, 2.24) is 9.55 Å². The number of anilines is 4. The molecule has 0 aliphatic heterocycles. The van der Waals surface area contributed by atoms with Crippen molar-refractivity contribution in [1.29, 1.82) is 0 Å². The molecule has 0 saturated carbocycles. The minimum atomic E-state index is -4.58. The summed E-state index contributed by atoms with van der Waals surface area (Å²) in [6.07, 6.45) is -2.94. The van der Waals surface area contributed by atoms with Gasteiger partial charge >= 0.3 is 6.18 Å². The number of amides is 2. The molecule has 0 aliphatic carbocycles. The second-order valence-electron chi connectivity index (χ2n) is 10.00. The summed E-state index contributed by atoms with van der Waals surface area (Å²) in [6, 6.07) is 19.7. The first-order chi connectivity index (χ1) is 20.4. The van der Waals surface area contributed by atoms with E-state index in [1.807, 2.05) is 13.0 Å². The first-order valence-corrected chi connectivity index (χ1v) is 13.1. The number of hydrogen-bond acceptors (Lipinski definition) is 5. The summed E-state index contributed by atoms with van der Waals surface area (Å²) in [5, 5.41) is 9.23. The van der Waals surface area contributed by atoms with Crippen molar-refractivity contribution in [2.45, 2.75) is 20.0 Å². The second-order valence-corrected chi connectivity index (χ2v) is 10.00. The number of alkyl halides is 3. The van der Waals surface area contributed by atoms with E-state index in [4.69, 9.17) is 0 Å². The van der Waals surface area contributed by atoms with Gasteiger partial charge in [-0.25, -0.2) is 4.98 Å². The highest BCUT2D eigenvalue weighted by Crippen LogP contribution is 2.31.